The molecule has 0 amide bonds. The van der Waals surface area contributed by atoms with Crippen molar-refractivity contribution >= 4 is 45.4 Å². The smallest absolute Gasteiger partial charge is 0.187 e. The lowest BCUT2D eigenvalue weighted by atomic mass is 10.2. The Morgan fingerprint density at radius 2 is 1.42 bits per heavy atom. The molecule has 0 saturated heterocycles. The van der Waals surface area contributed by atoms with Crippen LogP contribution in [0.2, 0.25) is 0 Å². The molecule has 0 spiro atoms. The first kappa shape index (κ1) is 15.3. The second-order valence-corrected chi connectivity index (χ2v) is 8.52. The van der Waals surface area contributed by atoms with Crippen molar-refractivity contribution in [3.05, 3.63) is 84.4 Å². The van der Waals surface area contributed by atoms with E-state index in [1.807, 2.05) is 0 Å². The van der Waals surface area contributed by atoms with Gasteiger partial charge in [-0.3, -0.25) is 0 Å². The lowest BCUT2D eigenvalue weighted by molar-refractivity contribution is 1.42. The van der Waals surface area contributed by atoms with Crippen molar-refractivity contribution in [1.82, 2.24) is 4.98 Å². The average molecular weight is 348 g/mol. The summed E-state index contributed by atoms with van der Waals surface area (Å²) in [4.78, 5) is 4.83. The number of aryl methyl sites for hydroxylation is 1. The Hall–Kier alpha value is -2.22. The van der Waals surface area contributed by atoms with E-state index in [1.54, 1.807) is 11.3 Å². The fourth-order valence-electron chi connectivity index (χ4n) is 2.66. The molecule has 3 aromatic carbocycles. The van der Waals surface area contributed by atoms with Crippen LogP contribution < -0.4 is 15.7 Å². The maximum absolute atomic E-state index is 4.83. The van der Waals surface area contributed by atoms with Crippen molar-refractivity contribution in [3.63, 3.8) is 0 Å². The van der Waals surface area contributed by atoms with Gasteiger partial charge in [0.25, 0.3) is 0 Å². The quantitative estimate of drug-likeness (QED) is 0.521. The minimum Gasteiger partial charge on any atom is -0.333 e. The SMILES string of the molecule is Cc1cccc2sc(NP(c3ccccc3)c3ccccc3)nc12. The van der Waals surface area contributed by atoms with Crippen LogP contribution in [0.15, 0.2) is 78.9 Å². The molecule has 0 radical (unpaired) electrons. The Morgan fingerprint density at radius 3 is 2.00 bits per heavy atom. The topological polar surface area (TPSA) is 24.9 Å². The molecule has 0 saturated carbocycles. The minimum atomic E-state index is -0.676. The molecule has 4 heteroatoms. The standard InChI is InChI=1S/C20H17N2PS/c1-15-9-8-14-18-19(15)21-20(24-18)22-23(16-10-4-2-5-11-16)17-12-6-3-7-13-17/h2-14H,1H3,(H,21,22). The molecular formula is C20H17N2PS. The van der Waals surface area contributed by atoms with Crippen molar-refractivity contribution in [3.8, 4) is 0 Å². The van der Waals surface area contributed by atoms with Gasteiger partial charge in [0.15, 0.2) is 5.13 Å². The normalized spacial score (nSPS) is 11.1. The van der Waals surface area contributed by atoms with E-state index in [-0.39, 0.29) is 0 Å². The van der Waals surface area contributed by atoms with Gasteiger partial charge in [0.1, 0.15) is 0 Å². The molecule has 118 valence electrons. The van der Waals surface area contributed by atoms with E-state index in [9.17, 15) is 0 Å². The molecule has 1 heterocycles. The summed E-state index contributed by atoms with van der Waals surface area (Å²) in [5, 5.41) is 7.29. The molecule has 4 aromatic rings. The van der Waals surface area contributed by atoms with E-state index in [2.05, 4.69) is 90.9 Å². The van der Waals surface area contributed by atoms with Gasteiger partial charge in [0.05, 0.1) is 18.3 Å². The van der Waals surface area contributed by atoms with Gasteiger partial charge in [0, 0.05) is 10.6 Å². The van der Waals surface area contributed by atoms with Gasteiger partial charge in [-0.1, -0.05) is 84.1 Å². The molecule has 0 bridgehead atoms. The zero-order valence-electron chi connectivity index (χ0n) is 13.3. The molecule has 0 unspecified atom stereocenters. The highest BCUT2D eigenvalue weighted by Crippen LogP contribution is 2.38. The zero-order valence-corrected chi connectivity index (χ0v) is 15.0. The molecule has 0 atom stereocenters. The first-order valence-electron chi connectivity index (χ1n) is 7.84. The van der Waals surface area contributed by atoms with Gasteiger partial charge in [-0.05, 0) is 18.6 Å². The minimum absolute atomic E-state index is 0.676. The van der Waals surface area contributed by atoms with Crippen LogP contribution in [0.25, 0.3) is 10.2 Å². The van der Waals surface area contributed by atoms with Crippen LogP contribution in [0.3, 0.4) is 0 Å². The monoisotopic (exact) mass is 348 g/mol. The van der Waals surface area contributed by atoms with E-state index < -0.39 is 8.07 Å². The second-order valence-electron chi connectivity index (χ2n) is 5.56. The number of hydrogen-bond donors (Lipinski definition) is 1. The first-order valence-corrected chi connectivity index (χ1v) is 10.00. The number of hydrogen-bond acceptors (Lipinski definition) is 3. The van der Waals surface area contributed by atoms with Gasteiger partial charge < -0.3 is 5.09 Å². The molecule has 0 aliphatic heterocycles. The average Bonchev–Trinajstić information content (AvgIpc) is 3.05. The summed E-state index contributed by atoms with van der Waals surface area (Å²) in [6.07, 6.45) is 0. The maximum Gasteiger partial charge on any atom is 0.187 e. The molecule has 0 aliphatic carbocycles. The highest BCUT2D eigenvalue weighted by atomic mass is 32.1. The predicted octanol–water partition coefficient (Wildman–Crippen LogP) is 5.06. The van der Waals surface area contributed by atoms with Gasteiger partial charge in [-0.15, -0.1) is 0 Å². The fourth-order valence-corrected chi connectivity index (χ4v) is 5.65. The van der Waals surface area contributed by atoms with E-state index in [0.717, 1.165) is 10.6 Å². The molecular weight excluding hydrogens is 331 g/mol. The van der Waals surface area contributed by atoms with E-state index in [0.29, 0.717) is 0 Å². The predicted molar refractivity (Wildman–Crippen MR) is 107 cm³/mol. The maximum atomic E-state index is 4.83. The number of nitrogens with zero attached hydrogens (tertiary/aromatic N) is 1. The number of anilines is 1. The third-order valence-corrected chi connectivity index (χ3v) is 7.01. The molecule has 2 nitrogen and oxygen atoms in total. The van der Waals surface area contributed by atoms with Crippen LogP contribution >= 0.6 is 19.4 Å². The van der Waals surface area contributed by atoms with Gasteiger partial charge in [-0.25, -0.2) is 4.98 Å². The summed E-state index contributed by atoms with van der Waals surface area (Å²) in [6, 6.07) is 27.6. The lowest BCUT2D eigenvalue weighted by Crippen LogP contribution is -2.16. The Labute approximate surface area is 147 Å². The Morgan fingerprint density at radius 1 is 0.792 bits per heavy atom. The Kier molecular flexibility index (Phi) is 4.29. The van der Waals surface area contributed by atoms with Gasteiger partial charge in [-0.2, -0.15) is 0 Å². The third kappa shape index (κ3) is 3.06. The summed E-state index contributed by atoms with van der Waals surface area (Å²) < 4.78 is 1.23. The summed E-state index contributed by atoms with van der Waals surface area (Å²) in [5.74, 6) is 0. The largest absolute Gasteiger partial charge is 0.333 e. The van der Waals surface area contributed by atoms with Crippen LogP contribution in [-0.2, 0) is 0 Å². The molecule has 4 rings (SSSR count). The molecule has 24 heavy (non-hydrogen) atoms. The summed E-state index contributed by atoms with van der Waals surface area (Å²) in [6.45, 7) is 2.11. The van der Waals surface area contributed by atoms with E-state index in [1.165, 1.54) is 20.9 Å². The summed E-state index contributed by atoms with van der Waals surface area (Å²) in [5.41, 5.74) is 2.32. The lowest BCUT2D eigenvalue weighted by Gasteiger charge is -2.18. The van der Waals surface area contributed by atoms with Crippen LogP contribution in [-0.4, -0.2) is 4.98 Å². The number of nitrogens with one attached hydrogen (secondary N) is 1. The number of fused-ring (bicyclic) bond motifs is 1. The molecule has 1 N–H and O–H groups in total. The van der Waals surface area contributed by atoms with Crippen molar-refractivity contribution in [2.24, 2.45) is 0 Å². The Balaban J connectivity index is 1.75. The van der Waals surface area contributed by atoms with Crippen molar-refractivity contribution < 1.29 is 0 Å². The van der Waals surface area contributed by atoms with Crippen LogP contribution in [0, 0.1) is 6.92 Å². The molecule has 1 aromatic heterocycles. The van der Waals surface area contributed by atoms with Crippen LogP contribution in [0.1, 0.15) is 5.56 Å². The highest BCUT2D eigenvalue weighted by molar-refractivity contribution is 7.74. The van der Waals surface area contributed by atoms with Gasteiger partial charge >= 0.3 is 0 Å². The zero-order chi connectivity index (χ0) is 16.4. The van der Waals surface area contributed by atoms with Crippen molar-refractivity contribution in [1.29, 1.82) is 0 Å². The second kappa shape index (κ2) is 6.72. The van der Waals surface area contributed by atoms with E-state index in [4.69, 9.17) is 4.98 Å². The number of para-hydroxylation sites is 1. The molecule has 0 aliphatic rings. The number of aromatic nitrogens is 1. The number of benzene rings is 3. The summed E-state index contributed by atoms with van der Waals surface area (Å²) in [7, 11) is -0.676. The Bertz CT molecular complexity index is 912. The van der Waals surface area contributed by atoms with Crippen LogP contribution in [0.4, 0.5) is 5.13 Å². The number of rotatable bonds is 4. The first-order chi connectivity index (χ1) is 11.8. The van der Waals surface area contributed by atoms with Crippen molar-refractivity contribution in [2.75, 3.05) is 5.09 Å². The number of thiazole rings is 1. The van der Waals surface area contributed by atoms with Gasteiger partial charge in [0.2, 0.25) is 0 Å². The third-order valence-electron chi connectivity index (χ3n) is 3.86. The van der Waals surface area contributed by atoms with E-state index >= 15 is 0 Å². The summed E-state index contributed by atoms with van der Waals surface area (Å²) >= 11 is 1.72. The fraction of sp³-hybridized carbons (Fsp3) is 0.0500. The van der Waals surface area contributed by atoms with Crippen molar-refractivity contribution in [2.45, 2.75) is 6.92 Å². The van der Waals surface area contributed by atoms with Crippen LogP contribution in [0.5, 0.6) is 0 Å². The molecule has 0 fully saturated rings. The highest BCUT2D eigenvalue weighted by Gasteiger charge is 2.16.